The van der Waals surface area contributed by atoms with Crippen molar-refractivity contribution in [1.29, 1.82) is 0 Å². The molecule has 2 aromatic rings. The van der Waals surface area contributed by atoms with Crippen molar-refractivity contribution in [1.82, 2.24) is 0 Å². The second kappa shape index (κ2) is 8.33. The number of phenolic OH excluding ortho intramolecular Hbond substituents is 2. The summed E-state index contributed by atoms with van der Waals surface area (Å²) >= 11 is 0. The number of aromatic hydroxyl groups is 2. The van der Waals surface area contributed by atoms with Gasteiger partial charge in [-0.2, -0.15) is 0 Å². The fourth-order valence-electron chi connectivity index (χ4n) is 3.71. The van der Waals surface area contributed by atoms with Crippen molar-refractivity contribution in [2.75, 3.05) is 6.61 Å². The zero-order chi connectivity index (χ0) is 22.3. The minimum absolute atomic E-state index is 0.0197. The maximum absolute atomic E-state index is 12.6. The second-order valence-electron chi connectivity index (χ2n) is 7.45. The van der Waals surface area contributed by atoms with Gasteiger partial charge in [0.25, 0.3) is 0 Å². The molecule has 10 nitrogen and oxygen atoms in total. The van der Waals surface area contributed by atoms with E-state index in [-0.39, 0.29) is 35.0 Å². The lowest BCUT2D eigenvalue weighted by molar-refractivity contribution is -0.280. The SMILES string of the molecule is O=C1C[C@@H](c2ccc(O)cc2)Oc2cc(O[C@@H]3[C@@H](O)[C@H](O)[C@@H](CO)O[C@H]3O)cc(O)c21. The zero-order valence-electron chi connectivity index (χ0n) is 16.2. The molecule has 0 unspecified atom stereocenters. The molecule has 0 bridgehead atoms. The van der Waals surface area contributed by atoms with Gasteiger partial charge >= 0.3 is 0 Å². The molecule has 4 rings (SSSR count). The molecular weight excluding hydrogens is 412 g/mol. The first kappa shape index (κ1) is 21.3. The lowest BCUT2D eigenvalue weighted by Crippen LogP contribution is -2.60. The van der Waals surface area contributed by atoms with E-state index in [1.165, 1.54) is 18.2 Å². The van der Waals surface area contributed by atoms with Crippen LogP contribution in [0.3, 0.4) is 0 Å². The molecular formula is C21H22O10. The van der Waals surface area contributed by atoms with E-state index >= 15 is 0 Å². The van der Waals surface area contributed by atoms with E-state index in [2.05, 4.69) is 0 Å². The number of ketones is 1. The molecule has 2 aliphatic heterocycles. The highest BCUT2D eigenvalue weighted by Crippen LogP contribution is 2.42. The number of carbonyl (C=O) groups excluding carboxylic acids is 1. The number of carbonyl (C=O) groups is 1. The first-order valence-electron chi connectivity index (χ1n) is 9.61. The second-order valence-corrected chi connectivity index (χ2v) is 7.45. The van der Waals surface area contributed by atoms with Crippen molar-refractivity contribution in [2.45, 2.75) is 43.2 Å². The van der Waals surface area contributed by atoms with Crippen LogP contribution in [0.25, 0.3) is 0 Å². The summed E-state index contributed by atoms with van der Waals surface area (Å²) in [4.78, 5) is 12.6. The smallest absolute Gasteiger partial charge is 0.195 e. The molecule has 2 heterocycles. The Kier molecular flexibility index (Phi) is 5.73. The van der Waals surface area contributed by atoms with Crippen molar-refractivity contribution < 1.29 is 49.6 Å². The fraction of sp³-hybridized carbons (Fsp3) is 0.381. The molecule has 6 N–H and O–H groups in total. The van der Waals surface area contributed by atoms with Crippen LogP contribution in [0, 0.1) is 0 Å². The summed E-state index contributed by atoms with van der Waals surface area (Å²) in [6, 6.07) is 8.61. The number of hydrogen-bond donors (Lipinski definition) is 6. The zero-order valence-corrected chi connectivity index (χ0v) is 16.2. The topological polar surface area (TPSA) is 166 Å². The number of aliphatic hydroxyl groups is 4. The van der Waals surface area contributed by atoms with Crippen LogP contribution < -0.4 is 9.47 Å². The van der Waals surface area contributed by atoms with E-state index < -0.39 is 49.2 Å². The van der Waals surface area contributed by atoms with Gasteiger partial charge in [0.05, 0.1) is 13.0 Å². The molecule has 0 radical (unpaired) electrons. The number of hydrogen-bond acceptors (Lipinski definition) is 10. The molecule has 1 fully saturated rings. The highest BCUT2D eigenvalue weighted by Gasteiger charge is 2.45. The van der Waals surface area contributed by atoms with E-state index in [0.717, 1.165) is 6.07 Å². The Hall–Kier alpha value is -2.89. The van der Waals surface area contributed by atoms with Crippen LogP contribution >= 0.6 is 0 Å². The molecule has 0 aromatic heterocycles. The summed E-state index contributed by atoms with van der Waals surface area (Å²) in [6.45, 7) is -0.615. The van der Waals surface area contributed by atoms with Gasteiger partial charge in [-0.25, -0.2) is 0 Å². The van der Waals surface area contributed by atoms with Crippen molar-refractivity contribution in [2.24, 2.45) is 0 Å². The summed E-state index contributed by atoms with van der Waals surface area (Å²) in [5.41, 5.74) is 0.621. The molecule has 0 spiro atoms. The van der Waals surface area contributed by atoms with Gasteiger partial charge in [0.1, 0.15) is 53.0 Å². The minimum Gasteiger partial charge on any atom is -0.508 e. The molecule has 2 aromatic carbocycles. The fourth-order valence-corrected chi connectivity index (χ4v) is 3.71. The monoisotopic (exact) mass is 434 g/mol. The average molecular weight is 434 g/mol. The number of phenols is 2. The van der Waals surface area contributed by atoms with E-state index in [4.69, 9.17) is 19.3 Å². The van der Waals surface area contributed by atoms with E-state index in [0.29, 0.717) is 5.56 Å². The van der Waals surface area contributed by atoms with Gasteiger partial charge in [-0.05, 0) is 17.7 Å². The predicted octanol–water partition coefficient (Wildman–Crippen LogP) is -0.0170. The lowest BCUT2D eigenvalue weighted by Gasteiger charge is -2.39. The molecule has 10 heteroatoms. The lowest BCUT2D eigenvalue weighted by atomic mass is 9.95. The Labute approximate surface area is 176 Å². The van der Waals surface area contributed by atoms with Gasteiger partial charge in [-0.1, -0.05) is 12.1 Å². The first-order chi connectivity index (χ1) is 14.8. The minimum atomic E-state index is -1.67. The number of ether oxygens (including phenoxy) is 3. The van der Waals surface area contributed by atoms with Crippen molar-refractivity contribution >= 4 is 5.78 Å². The normalized spacial score (nSPS) is 30.4. The van der Waals surface area contributed by atoms with E-state index in [1.807, 2.05) is 0 Å². The number of aliphatic hydroxyl groups excluding tert-OH is 4. The van der Waals surface area contributed by atoms with Gasteiger partial charge in [-0.3, -0.25) is 4.79 Å². The maximum atomic E-state index is 12.6. The Morgan fingerprint density at radius 2 is 1.74 bits per heavy atom. The third-order valence-corrected chi connectivity index (χ3v) is 5.35. The largest absolute Gasteiger partial charge is 0.508 e. The van der Waals surface area contributed by atoms with Crippen LogP contribution in [-0.4, -0.2) is 73.7 Å². The van der Waals surface area contributed by atoms with Gasteiger partial charge < -0.3 is 44.8 Å². The summed E-state index contributed by atoms with van der Waals surface area (Å²) in [6.07, 6.45) is -8.06. The molecule has 6 atom stereocenters. The van der Waals surface area contributed by atoms with Crippen LogP contribution in [0.5, 0.6) is 23.0 Å². The van der Waals surface area contributed by atoms with Crippen LogP contribution in [-0.2, 0) is 4.74 Å². The van der Waals surface area contributed by atoms with Gasteiger partial charge in [0.15, 0.2) is 18.2 Å². The molecule has 0 saturated carbocycles. The van der Waals surface area contributed by atoms with E-state index in [1.54, 1.807) is 12.1 Å². The van der Waals surface area contributed by atoms with Gasteiger partial charge in [0, 0.05) is 12.1 Å². The molecule has 31 heavy (non-hydrogen) atoms. The summed E-state index contributed by atoms with van der Waals surface area (Å²) in [5.74, 6) is -0.700. The van der Waals surface area contributed by atoms with Crippen molar-refractivity contribution in [3.05, 3.63) is 47.5 Å². The highest BCUT2D eigenvalue weighted by molar-refractivity contribution is 6.02. The highest BCUT2D eigenvalue weighted by atomic mass is 16.7. The summed E-state index contributed by atoms with van der Waals surface area (Å²) in [5, 5.41) is 59.3. The standard InChI is InChI=1S/C21H22O10/c22-8-16-18(26)19(27)20(21(28)31-16)29-11-5-12(24)17-13(25)7-14(30-15(17)6-11)9-1-3-10(23)4-2-9/h1-6,14,16,18-24,26-28H,7-8H2/t14-,16+,18+,19-,20+,21+/m0/s1. The van der Waals surface area contributed by atoms with E-state index in [9.17, 15) is 30.3 Å². The Bertz CT molecular complexity index is 959. The van der Waals surface area contributed by atoms with Crippen LogP contribution in [0.2, 0.25) is 0 Å². The predicted molar refractivity (Wildman–Crippen MR) is 103 cm³/mol. The third-order valence-electron chi connectivity index (χ3n) is 5.35. The summed E-state index contributed by atoms with van der Waals surface area (Å²) < 4.78 is 16.4. The average Bonchev–Trinajstić information content (AvgIpc) is 2.73. The molecule has 0 amide bonds. The number of fused-ring (bicyclic) bond motifs is 1. The first-order valence-corrected chi connectivity index (χ1v) is 9.61. The Balaban J connectivity index is 1.59. The van der Waals surface area contributed by atoms with Crippen molar-refractivity contribution in [3.8, 4) is 23.0 Å². The molecule has 166 valence electrons. The van der Waals surface area contributed by atoms with Gasteiger partial charge in [-0.15, -0.1) is 0 Å². The quantitative estimate of drug-likeness (QED) is 0.385. The van der Waals surface area contributed by atoms with Crippen molar-refractivity contribution in [3.63, 3.8) is 0 Å². The van der Waals surface area contributed by atoms with Crippen LogP contribution in [0.15, 0.2) is 36.4 Å². The number of benzene rings is 2. The number of Topliss-reactive ketones (excluding diaryl/α,β-unsaturated/α-hetero) is 1. The van der Waals surface area contributed by atoms with Crippen LogP contribution in [0.4, 0.5) is 0 Å². The van der Waals surface area contributed by atoms with Gasteiger partial charge in [0.2, 0.25) is 0 Å². The Morgan fingerprint density at radius 3 is 2.42 bits per heavy atom. The number of rotatable bonds is 4. The molecule has 0 aliphatic carbocycles. The molecule has 1 saturated heterocycles. The Morgan fingerprint density at radius 1 is 1.03 bits per heavy atom. The third kappa shape index (κ3) is 4.03. The van der Waals surface area contributed by atoms with Crippen LogP contribution in [0.1, 0.15) is 28.4 Å². The molecule has 2 aliphatic rings. The summed E-state index contributed by atoms with van der Waals surface area (Å²) in [7, 11) is 0. The maximum Gasteiger partial charge on any atom is 0.195 e.